The number of hydrogen-bond donors (Lipinski definition) is 3. The highest BCUT2D eigenvalue weighted by molar-refractivity contribution is 5.02. The Bertz CT molecular complexity index is 437. The third kappa shape index (κ3) is 3.76. The van der Waals surface area contributed by atoms with E-state index in [0.717, 1.165) is 11.5 Å². The van der Waals surface area contributed by atoms with Crippen molar-refractivity contribution in [1.82, 2.24) is 9.55 Å². The van der Waals surface area contributed by atoms with Crippen LogP contribution in [0.4, 0.5) is 4.39 Å². The third-order valence-corrected chi connectivity index (χ3v) is 2.32. The Morgan fingerprint density at radius 1 is 1.61 bits per heavy atom. The smallest absolute Gasteiger partial charge is 0.352 e. The summed E-state index contributed by atoms with van der Waals surface area (Å²) in [6.45, 7) is 0.224. The fourth-order valence-corrected chi connectivity index (χ4v) is 1.25. The molecule has 0 aliphatic carbocycles. The molecule has 0 saturated heterocycles. The monoisotopic (exact) mass is 262 g/mol. The number of aromatic nitrogens is 2. The fraction of sp³-hybridized carbons (Fsp3) is 0.600. The van der Waals surface area contributed by atoms with Gasteiger partial charge in [-0.2, -0.15) is 4.98 Å². The average Bonchev–Trinajstić information content (AvgIpc) is 2.31. The Kier molecular flexibility index (Phi) is 5.20. The Hall–Kier alpha value is -1.51. The summed E-state index contributed by atoms with van der Waals surface area (Å²) in [7, 11) is 0. The zero-order valence-electron chi connectivity index (χ0n) is 9.73. The Balaban J connectivity index is 2.65. The molecule has 0 bridgehead atoms. The second kappa shape index (κ2) is 6.43. The van der Waals surface area contributed by atoms with Gasteiger partial charge in [0.05, 0.1) is 6.61 Å². The second-order valence-corrected chi connectivity index (χ2v) is 3.72. The highest BCUT2D eigenvalue weighted by atomic mass is 19.1. The molecule has 0 saturated carbocycles. The van der Waals surface area contributed by atoms with Gasteiger partial charge in [-0.3, -0.25) is 4.57 Å². The third-order valence-electron chi connectivity index (χ3n) is 2.32. The number of halogens is 1. The number of nitrogens with zero attached hydrogens (tertiary/aromatic N) is 2. The molecule has 0 amide bonds. The van der Waals surface area contributed by atoms with E-state index >= 15 is 0 Å². The predicted octanol–water partition coefficient (Wildman–Crippen LogP) is -0.997. The van der Waals surface area contributed by atoms with Crippen LogP contribution in [0.3, 0.4) is 0 Å². The zero-order chi connectivity index (χ0) is 13.7. The minimum atomic E-state index is -1.57. The van der Waals surface area contributed by atoms with Gasteiger partial charge in [-0.1, -0.05) is 0 Å². The number of rotatable bonds is 6. The van der Waals surface area contributed by atoms with E-state index in [0.29, 0.717) is 0 Å². The van der Waals surface area contributed by atoms with E-state index in [1.165, 1.54) is 12.3 Å². The number of ether oxygens (including phenoxy) is 1. The maximum Gasteiger partial charge on any atom is 0.352 e. The van der Waals surface area contributed by atoms with E-state index in [4.69, 9.17) is 14.9 Å². The van der Waals surface area contributed by atoms with Gasteiger partial charge in [-0.15, -0.1) is 0 Å². The number of aromatic hydroxyl groups is 1. The molecular weight excluding hydrogens is 247 g/mol. The predicted molar refractivity (Wildman–Crippen MR) is 58.7 cm³/mol. The molecule has 0 spiro atoms. The summed E-state index contributed by atoms with van der Waals surface area (Å²) in [5.74, 6) is -0.424. The van der Waals surface area contributed by atoms with E-state index in [2.05, 4.69) is 4.98 Å². The van der Waals surface area contributed by atoms with Crippen LogP contribution in [0.1, 0.15) is 6.92 Å². The van der Waals surface area contributed by atoms with Gasteiger partial charge in [0.25, 0.3) is 0 Å². The van der Waals surface area contributed by atoms with Crippen molar-refractivity contribution >= 4 is 0 Å². The lowest BCUT2D eigenvalue weighted by molar-refractivity contribution is -0.107. The molecule has 0 aliphatic heterocycles. The van der Waals surface area contributed by atoms with Crippen LogP contribution in [-0.2, 0) is 11.5 Å². The lowest BCUT2D eigenvalue weighted by Gasteiger charge is -2.22. The van der Waals surface area contributed by atoms with Gasteiger partial charge >= 0.3 is 5.69 Å². The van der Waals surface area contributed by atoms with Gasteiger partial charge in [0.15, 0.2) is 0 Å². The molecule has 0 aliphatic rings. The topological polar surface area (TPSA) is 105 Å². The minimum absolute atomic E-state index is 0.318. The summed E-state index contributed by atoms with van der Waals surface area (Å²) in [5.41, 5.74) is -0.755. The van der Waals surface area contributed by atoms with Crippen molar-refractivity contribution in [3.8, 4) is 5.88 Å². The van der Waals surface area contributed by atoms with Crippen LogP contribution in [0.25, 0.3) is 0 Å². The van der Waals surface area contributed by atoms with Gasteiger partial charge in [0.2, 0.25) is 5.88 Å². The van der Waals surface area contributed by atoms with Crippen LogP contribution in [0.15, 0.2) is 17.1 Å². The number of aliphatic hydroxyl groups excluding tert-OH is 2. The molecule has 1 aromatic rings. The normalized spacial score (nSPS) is 16.2. The molecule has 3 atom stereocenters. The van der Waals surface area contributed by atoms with Crippen molar-refractivity contribution in [1.29, 1.82) is 0 Å². The first-order chi connectivity index (χ1) is 8.45. The van der Waals surface area contributed by atoms with Crippen LogP contribution in [0.5, 0.6) is 5.88 Å². The first-order valence-electron chi connectivity index (χ1n) is 5.26. The molecule has 102 valence electrons. The molecule has 8 heteroatoms. The van der Waals surface area contributed by atoms with Gasteiger partial charge in [0, 0.05) is 12.3 Å². The molecule has 1 heterocycles. The molecule has 0 radical (unpaired) electrons. The summed E-state index contributed by atoms with van der Waals surface area (Å²) in [6, 6.07) is 1.17. The highest BCUT2D eigenvalue weighted by Crippen LogP contribution is 2.07. The fourth-order valence-electron chi connectivity index (χ4n) is 1.25. The maximum atomic E-state index is 12.8. The summed E-state index contributed by atoms with van der Waals surface area (Å²) in [4.78, 5) is 14.5. The number of hydrogen-bond acceptors (Lipinski definition) is 6. The quantitative estimate of drug-likeness (QED) is 0.607. The molecule has 3 N–H and O–H groups in total. The Morgan fingerprint density at radius 3 is 2.78 bits per heavy atom. The van der Waals surface area contributed by atoms with Crippen molar-refractivity contribution in [2.45, 2.75) is 32.0 Å². The van der Waals surface area contributed by atoms with Crippen molar-refractivity contribution in [3.63, 3.8) is 0 Å². The molecular formula is C10H15FN2O5. The van der Waals surface area contributed by atoms with Crippen molar-refractivity contribution in [2.24, 2.45) is 0 Å². The van der Waals surface area contributed by atoms with Crippen molar-refractivity contribution in [2.75, 3.05) is 6.61 Å². The first-order valence-corrected chi connectivity index (χ1v) is 5.26. The standard InChI is InChI=1S/C10H15FN2O5/c1-6(11)9(16)7(4-14)18-5-13-3-2-8(15)12-10(13)17/h2-3,6-7,9,14,16H,4-5H2,1H3,(H,12,15,17)/t6?,7-,9-/m1/s1. The lowest BCUT2D eigenvalue weighted by Crippen LogP contribution is -2.39. The molecule has 7 nitrogen and oxygen atoms in total. The molecule has 0 aromatic carbocycles. The summed E-state index contributed by atoms with van der Waals surface area (Å²) < 4.78 is 18.9. The van der Waals surface area contributed by atoms with Crippen LogP contribution in [-0.4, -0.2) is 49.9 Å². The molecule has 1 unspecified atom stereocenters. The van der Waals surface area contributed by atoms with E-state index < -0.39 is 36.6 Å². The van der Waals surface area contributed by atoms with Crippen molar-refractivity contribution < 1.29 is 24.4 Å². The van der Waals surface area contributed by atoms with Crippen LogP contribution in [0, 0.1) is 0 Å². The molecule has 1 rings (SSSR count). The molecule has 0 fully saturated rings. The lowest BCUT2D eigenvalue weighted by atomic mass is 10.1. The summed E-state index contributed by atoms with van der Waals surface area (Å²) in [6.07, 6.45) is -2.98. The number of aliphatic hydroxyl groups is 2. The zero-order valence-corrected chi connectivity index (χ0v) is 9.73. The largest absolute Gasteiger partial charge is 0.493 e. The first kappa shape index (κ1) is 14.6. The van der Waals surface area contributed by atoms with E-state index in [1.807, 2.05) is 0 Å². The van der Waals surface area contributed by atoms with E-state index in [1.54, 1.807) is 0 Å². The van der Waals surface area contributed by atoms with Crippen LogP contribution >= 0.6 is 0 Å². The summed E-state index contributed by atoms with van der Waals surface area (Å²) >= 11 is 0. The SMILES string of the molecule is CC(F)[C@@H](O)[C@@H](CO)OCn1ccc(O)nc1=O. The van der Waals surface area contributed by atoms with Gasteiger partial charge in [-0.25, -0.2) is 9.18 Å². The van der Waals surface area contributed by atoms with Crippen LogP contribution in [0.2, 0.25) is 0 Å². The van der Waals surface area contributed by atoms with E-state index in [9.17, 15) is 14.3 Å². The summed E-state index contributed by atoms with van der Waals surface area (Å²) in [5, 5.41) is 27.2. The molecule has 18 heavy (non-hydrogen) atoms. The highest BCUT2D eigenvalue weighted by Gasteiger charge is 2.25. The average molecular weight is 262 g/mol. The maximum absolute atomic E-state index is 12.8. The number of alkyl halides is 1. The minimum Gasteiger partial charge on any atom is -0.493 e. The van der Waals surface area contributed by atoms with Crippen molar-refractivity contribution in [3.05, 3.63) is 22.7 Å². The second-order valence-electron chi connectivity index (χ2n) is 3.72. The Morgan fingerprint density at radius 2 is 2.28 bits per heavy atom. The van der Waals surface area contributed by atoms with E-state index in [-0.39, 0.29) is 6.73 Å². The van der Waals surface area contributed by atoms with Gasteiger partial charge in [0.1, 0.15) is 25.1 Å². The van der Waals surface area contributed by atoms with Gasteiger partial charge < -0.3 is 20.1 Å². The Labute approximate surface area is 102 Å². The van der Waals surface area contributed by atoms with Crippen LogP contribution < -0.4 is 5.69 Å². The molecule has 1 aromatic heterocycles. The van der Waals surface area contributed by atoms with Gasteiger partial charge in [-0.05, 0) is 6.92 Å².